The van der Waals surface area contributed by atoms with E-state index in [9.17, 15) is 19.2 Å². The summed E-state index contributed by atoms with van der Waals surface area (Å²) in [7, 11) is 1.70. The minimum atomic E-state index is -0.657. The van der Waals surface area contributed by atoms with Crippen LogP contribution in [0.2, 0.25) is 0 Å². The predicted octanol–water partition coefficient (Wildman–Crippen LogP) is 7.19. The molecule has 0 spiro atoms. The second-order valence-electron chi connectivity index (χ2n) is 10.5. The summed E-state index contributed by atoms with van der Waals surface area (Å²) in [6.45, 7) is 5.59. The number of hydrogen-bond donors (Lipinski definition) is 0. The molecule has 0 bridgehead atoms. The van der Waals surface area contributed by atoms with Crippen molar-refractivity contribution in [2.75, 3.05) is 33.5 Å². The van der Waals surface area contributed by atoms with E-state index in [2.05, 4.69) is 6.58 Å². The summed E-state index contributed by atoms with van der Waals surface area (Å²) < 4.78 is 32.3. The van der Waals surface area contributed by atoms with Crippen molar-refractivity contribution in [1.29, 1.82) is 0 Å². The van der Waals surface area contributed by atoms with Crippen LogP contribution in [0.5, 0.6) is 23.0 Å². The minimum absolute atomic E-state index is 0.0320. The van der Waals surface area contributed by atoms with E-state index < -0.39 is 17.9 Å². The maximum atomic E-state index is 12.7. The smallest absolute Gasteiger partial charge is 0.343 e. The van der Waals surface area contributed by atoms with Crippen molar-refractivity contribution in [2.45, 2.75) is 51.4 Å². The molecule has 0 N–H and O–H groups in total. The Labute approximate surface area is 275 Å². The number of aldehydes is 1. The number of ether oxygens (including phenoxy) is 6. The standard InChI is InChI=1S/C37H42O10/c1-3-35(39)45-25-11-7-6-10-24-44-32-18-14-29(15-19-32)37(41)47-34-21-20-33(26-30(34)27-38)46-36(40)28-12-16-31(17-13-28)43-23-9-5-4-8-22-42-2/h3,12-21,26-27H,1,4-11,22-25H2,2H3. The Morgan fingerprint density at radius 3 is 1.62 bits per heavy atom. The number of carbonyl (C=O) groups excluding carboxylic acids is 4. The highest BCUT2D eigenvalue weighted by Gasteiger charge is 2.15. The van der Waals surface area contributed by atoms with Gasteiger partial charge in [-0.1, -0.05) is 13.0 Å². The van der Waals surface area contributed by atoms with E-state index in [1.807, 2.05) is 0 Å². The van der Waals surface area contributed by atoms with E-state index in [-0.39, 0.29) is 22.6 Å². The molecule has 0 saturated carbocycles. The van der Waals surface area contributed by atoms with Crippen LogP contribution in [0.15, 0.2) is 79.4 Å². The lowest BCUT2D eigenvalue weighted by Gasteiger charge is -2.10. The summed E-state index contributed by atoms with van der Waals surface area (Å²) in [6.07, 6.45) is 9.21. The number of benzene rings is 3. The monoisotopic (exact) mass is 646 g/mol. The zero-order valence-electron chi connectivity index (χ0n) is 26.8. The fraction of sp³-hybridized carbons (Fsp3) is 0.351. The molecule has 0 radical (unpaired) electrons. The molecule has 10 nitrogen and oxygen atoms in total. The van der Waals surface area contributed by atoms with E-state index in [1.165, 1.54) is 18.2 Å². The molecule has 0 saturated heterocycles. The van der Waals surface area contributed by atoms with Crippen LogP contribution in [-0.2, 0) is 14.3 Å². The third kappa shape index (κ3) is 13.5. The summed E-state index contributed by atoms with van der Waals surface area (Å²) in [5, 5.41) is 0. The number of rotatable bonds is 22. The summed E-state index contributed by atoms with van der Waals surface area (Å²) >= 11 is 0. The quantitative estimate of drug-likeness (QED) is 0.0364. The van der Waals surface area contributed by atoms with Crippen molar-refractivity contribution < 1.29 is 47.6 Å². The molecule has 250 valence electrons. The van der Waals surface area contributed by atoms with Gasteiger partial charge < -0.3 is 28.4 Å². The Bertz CT molecular complexity index is 1430. The van der Waals surface area contributed by atoms with Gasteiger partial charge in [0.2, 0.25) is 0 Å². The van der Waals surface area contributed by atoms with Gasteiger partial charge in [0.25, 0.3) is 0 Å². The fourth-order valence-electron chi connectivity index (χ4n) is 4.35. The van der Waals surface area contributed by atoms with Gasteiger partial charge in [-0.15, -0.1) is 0 Å². The lowest BCUT2D eigenvalue weighted by molar-refractivity contribution is -0.137. The first-order chi connectivity index (χ1) is 22.9. The van der Waals surface area contributed by atoms with E-state index >= 15 is 0 Å². The third-order valence-electron chi connectivity index (χ3n) is 6.93. The van der Waals surface area contributed by atoms with Crippen LogP contribution in [0.25, 0.3) is 0 Å². The van der Waals surface area contributed by atoms with Gasteiger partial charge in [-0.2, -0.15) is 0 Å². The van der Waals surface area contributed by atoms with E-state index in [4.69, 9.17) is 28.4 Å². The molecule has 0 aromatic heterocycles. The Kier molecular flexibility index (Phi) is 16.3. The number of carbonyl (C=O) groups is 4. The lowest BCUT2D eigenvalue weighted by atomic mass is 10.2. The molecule has 0 heterocycles. The highest BCUT2D eigenvalue weighted by molar-refractivity contribution is 5.93. The number of esters is 3. The average molecular weight is 647 g/mol. The van der Waals surface area contributed by atoms with Crippen molar-refractivity contribution in [3.05, 3.63) is 96.1 Å². The summed E-state index contributed by atoms with van der Waals surface area (Å²) in [5.74, 6) is -0.258. The zero-order chi connectivity index (χ0) is 33.7. The van der Waals surface area contributed by atoms with Gasteiger partial charge in [0, 0.05) is 19.8 Å². The molecule has 3 aromatic rings. The molecule has 0 amide bonds. The van der Waals surface area contributed by atoms with Gasteiger partial charge in [0.1, 0.15) is 23.0 Å². The largest absolute Gasteiger partial charge is 0.494 e. The van der Waals surface area contributed by atoms with E-state index in [1.54, 1.807) is 55.6 Å². The molecule has 10 heteroatoms. The van der Waals surface area contributed by atoms with Gasteiger partial charge >= 0.3 is 17.9 Å². The molecule has 0 aliphatic heterocycles. The molecular formula is C37H42O10. The molecule has 0 aliphatic rings. The van der Waals surface area contributed by atoms with Crippen LogP contribution in [0.3, 0.4) is 0 Å². The van der Waals surface area contributed by atoms with Crippen LogP contribution < -0.4 is 18.9 Å². The lowest BCUT2D eigenvalue weighted by Crippen LogP contribution is -2.11. The molecule has 3 rings (SSSR count). The molecular weight excluding hydrogens is 604 g/mol. The Hall–Kier alpha value is -4.96. The Morgan fingerprint density at radius 2 is 1.11 bits per heavy atom. The van der Waals surface area contributed by atoms with Gasteiger partial charge in [-0.05, 0) is 112 Å². The van der Waals surface area contributed by atoms with Gasteiger partial charge in [0.15, 0.2) is 6.29 Å². The summed E-state index contributed by atoms with van der Waals surface area (Å²) in [4.78, 5) is 48.2. The van der Waals surface area contributed by atoms with Gasteiger partial charge in [0.05, 0.1) is 36.5 Å². The molecule has 47 heavy (non-hydrogen) atoms. The second-order valence-corrected chi connectivity index (χ2v) is 10.5. The molecule has 0 atom stereocenters. The first-order valence-electron chi connectivity index (χ1n) is 15.7. The van der Waals surface area contributed by atoms with Gasteiger partial charge in [-0.3, -0.25) is 4.79 Å². The highest BCUT2D eigenvalue weighted by atomic mass is 16.5. The van der Waals surface area contributed by atoms with Crippen LogP contribution >= 0.6 is 0 Å². The topological polar surface area (TPSA) is 124 Å². The first kappa shape index (κ1) is 36.5. The number of unbranched alkanes of at least 4 members (excludes halogenated alkanes) is 6. The van der Waals surface area contributed by atoms with Crippen molar-refractivity contribution >= 4 is 24.2 Å². The zero-order valence-corrected chi connectivity index (χ0v) is 26.8. The molecule has 0 fully saturated rings. The molecule has 3 aromatic carbocycles. The van der Waals surface area contributed by atoms with Crippen LogP contribution in [0.4, 0.5) is 0 Å². The summed E-state index contributed by atoms with van der Waals surface area (Å²) in [6, 6.07) is 17.3. The minimum Gasteiger partial charge on any atom is -0.494 e. The van der Waals surface area contributed by atoms with Crippen molar-refractivity contribution in [3.63, 3.8) is 0 Å². The van der Waals surface area contributed by atoms with Crippen LogP contribution in [-0.4, -0.2) is 57.7 Å². The maximum Gasteiger partial charge on any atom is 0.343 e. The van der Waals surface area contributed by atoms with Crippen molar-refractivity contribution in [2.24, 2.45) is 0 Å². The normalized spacial score (nSPS) is 10.5. The Balaban J connectivity index is 1.42. The Morgan fingerprint density at radius 1 is 0.617 bits per heavy atom. The summed E-state index contributed by atoms with van der Waals surface area (Å²) in [5.41, 5.74) is 0.637. The molecule has 0 unspecified atom stereocenters. The second kappa shape index (κ2) is 21.0. The van der Waals surface area contributed by atoms with Crippen LogP contribution in [0.1, 0.15) is 82.4 Å². The highest BCUT2D eigenvalue weighted by Crippen LogP contribution is 2.25. The molecule has 0 aliphatic carbocycles. The van der Waals surface area contributed by atoms with Gasteiger partial charge in [-0.25, -0.2) is 14.4 Å². The maximum absolute atomic E-state index is 12.7. The number of hydrogen-bond acceptors (Lipinski definition) is 10. The number of methoxy groups -OCH3 is 1. The first-order valence-corrected chi connectivity index (χ1v) is 15.7. The fourth-order valence-corrected chi connectivity index (χ4v) is 4.35. The van der Waals surface area contributed by atoms with E-state index in [0.29, 0.717) is 43.2 Å². The SMILES string of the molecule is C=CC(=O)OCCCCCCOc1ccc(C(=O)Oc2ccc(OC(=O)c3ccc(OCCCCCCOC)cc3)cc2C=O)cc1. The van der Waals surface area contributed by atoms with Crippen LogP contribution in [0, 0.1) is 0 Å². The van der Waals surface area contributed by atoms with E-state index in [0.717, 1.165) is 64.0 Å². The van der Waals surface area contributed by atoms with Crippen molar-refractivity contribution in [1.82, 2.24) is 0 Å². The predicted molar refractivity (Wildman–Crippen MR) is 176 cm³/mol. The third-order valence-corrected chi connectivity index (χ3v) is 6.93. The van der Waals surface area contributed by atoms with Crippen molar-refractivity contribution in [3.8, 4) is 23.0 Å². The average Bonchev–Trinajstić information content (AvgIpc) is 3.09.